The highest BCUT2D eigenvalue weighted by atomic mass is 32.1. The van der Waals surface area contributed by atoms with Crippen LogP contribution in [0, 0.1) is 0 Å². The van der Waals surface area contributed by atoms with Crippen molar-refractivity contribution in [3.63, 3.8) is 0 Å². The summed E-state index contributed by atoms with van der Waals surface area (Å²) < 4.78 is 0. The molecular weight excluding hydrogens is 208 g/mol. The van der Waals surface area contributed by atoms with Crippen LogP contribution in [0.3, 0.4) is 0 Å². The number of aliphatic hydroxyl groups excluding tert-OH is 1. The molecular formula is C11H18N2OS. The van der Waals surface area contributed by atoms with Crippen molar-refractivity contribution >= 4 is 16.5 Å². The Hall–Kier alpha value is -0.610. The largest absolute Gasteiger partial charge is 0.391 e. The van der Waals surface area contributed by atoms with E-state index in [1.807, 2.05) is 0 Å². The van der Waals surface area contributed by atoms with E-state index in [9.17, 15) is 5.11 Å². The zero-order valence-corrected chi connectivity index (χ0v) is 10.2. The molecule has 0 amide bonds. The number of nitrogens with zero attached hydrogens (tertiary/aromatic N) is 2. The molecule has 2 rings (SSSR count). The first-order valence-corrected chi connectivity index (χ1v) is 6.47. The van der Waals surface area contributed by atoms with Crippen LogP contribution in [-0.4, -0.2) is 23.2 Å². The van der Waals surface area contributed by atoms with Gasteiger partial charge in [0.05, 0.1) is 17.2 Å². The monoisotopic (exact) mass is 226 g/mol. The summed E-state index contributed by atoms with van der Waals surface area (Å²) >= 11 is 1.65. The van der Waals surface area contributed by atoms with E-state index in [1.165, 1.54) is 12.8 Å². The van der Waals surface area contributed by atoms with Crippen LogP contribution in [0.1, 0.15) is 43.2 Å². The van der Waals surface area contributed by atoms with Crippen molar-refractivity contribution in [1.29, 1.82) is 0 Å². The van der Waals surface area contributed by atoms with Crippen LogP contribution in [0.15, 0.2) is 0 Å². The molecule has 0 saturated heterocycles. The van der Waals surface area contributed by atoms with Crippen LogP contribution >= 0.6 is 11.3 Å². The molecule has 1 aliphatic rings. The Labute approximate surface area is 94.8 Å². The SMILES string of the molecule is CCN(CC)c1nc(C2CC2)c(CO)s1. The van der Waals surface area contributed by atoms with Gasteiger partial charge < -0.3 is 10.0 Å². The van der Waals surface area contributed by atoms with Gasteiger partial charge >= 0.3 is 0 Å². The van der Waals surface area contributed by atoms with Gasteiger partial charge in [-0.3, -0.25) is 0 Å². The number of anilines is 1. The second-order valence-electron chi connectivity index (χ2n) is 3.91. The topological polar surface area (TPSA) is 36.4 Å². The van der Waals surface area contributed by atoms with E-state index in [0.29, 0.717) is 5.92 Å². The molecule has 1 heterocycles. The predicted octanol–water partition coefficient (Wildman–Crippen LogP) is 2.36. The standard InChI is InChI=1S/C11H18N2OS/c1-3-13(4-2)11-12-10(8-5-6-8)9(7-14)15-11/h8,14H,3-7H2,1-2H3. The zero-order chi connectivity index (χ0) is 10.8. The Morgan fingerprint density at radius 2 is 2.07 bits per heavy atom. The molecule has 3 nitrogen and oxygen atoms in total. The van der Waals surface area contributed by atoms with Gasteiger partial charge in [-0.15, -0.1) is 0 Å². The maximum absolute atomic E-state index is 9.29. The summed E-state index contributed by atoms with van der Waals surface area (Å²) in [5.41, 5.74) is 1.16. The second kappa shape index (κ2) is 4.49. The molecule has 0 unspecified atom stereocenters. The minimum Gasteiger partial charge on any atom is -0.391 e. The molecule has 1 aromatic rings. The Morgan fingerprint density at radius 3 is 2.53 bits per heavy atom. The third-order valence-corrected chi connectivity index (χ3v) is 3.97. The number of aromatic nitrogens is 1. The first-order chi connectivity index (χ1) is 7.30. The quantitative estimate of drug-likeness (QED) is 0.837. The lowest BCUT2D eigenvalue weighted by atomic mass is 10.2. The van der Waals surface area contributed by atoms with Crippen LogP contribution in [-0.2, 0) is 6.61 Å². The van der Waals surface area contributed by atoms with Gasteiger partial charge in [-0.1, -0.05) is 11.3 Å². The summed E-state index contributed by atoms with van der Waals surface area (Å²) in [6.45, 7) is 6.39. The summed E-state index contributed by atoms with van der Waals surface area (Å²) in [4.78, 5) is 7.98. The van der Waals surface area contributed by atoms with Crippen molar-refractivity contribution in [3.8, 4) is 0 Å². The molecule has 1 fully saturated rings. The fraction of sp³-hybridized carbons (Fsp3) is 0.727. The van der Waals surface area contributed by atoms with Gasteiger partial charge in [-0.2, -0.15) is 0 Å². The van der Waals surface area contributed by atoms with Crippen molar-refractivity contribution in [1.82, 2.24) is 4.98 Å². The van der Waals surface area contributed by atoms with Crippen LogP contribution in [0.25, 0.3) is 0 Å². The molecule has 0 aliphatic heterocycles. The molecule has 0 bridgehead atoms. The lowest BCUT2D eigenvalue weighted by molar-refractivity contribution is 0.284. The molecule has 1 N–H and O–H groups in total. The first-order valence-electron chi connectivity index (χ1n) is 5.65. The van der Waals surface area contributed by atoms with Gasteiger partial charge in [0.1, 0.15) is 0 Å². The van der Waals surface area contributed by atoms with Crippen molar-refractivity contribution in [2.45, 2.75) is 39.2 Å². The highest BCUT2D eigenvalue weighted by molar-refractivity contribution is 7.15. The van der Waals surface area contributed by atoms with Gasteiger partial charge in [-0.25, -0.2) is 4.98 Å². The molecule has 0 aromatic carbocycles. The van der Waals surface area contributed by atoms with Gasteiger partial charge in [0, 0.05) is 19.0 Å². The number of hydrogen-bond acceptors (Lipinski definition) is 4. The molecule has 1 saturated carbocycles. The van der Waals surface area contributed by atoms with E-state index < -0.39 is 0 Å². The number of rotatable bonds is 5. The third-order valence-electron chi connectivity index (χ3n) is 2.86. The normalized spacial score (nSPS) is 15.7. The summed E-state index contributed by atoms with van der Waals surface area (Å²) in [7, 11) is 0. The molecule has 84 valence electrons. The Kier molecular flexibility index (Phi) is 3.26. The molecule has 15 heavy (non-hydrogen) atoms. The number of thiazole rings is 1. The average Bonchev–Trinajstić information content (AvgIpc) is 3.01. The molecule has 1 aromatic heterocycles. The smallest absolute Gasteiger partial charge is 0.185 e. The van der Waals surface area contributed by atoms with E-state index in [2.05, 4.69) is 23.7 Å². The lowest BCUT2D eigenvalue weighted by Gasteiger charge is -2.16. The predicted molar refractivity (Wildman–Crippen MR) is 63.6 cm³/mol. The lowest BCUT2D eigenvalue weighted by Crippen LogP contribution is -2.21. The average molecular weight is 226 g/mol. The maximum Gasteiger partial charge on any atom is 0.185 e. The fourth-order valence-electron chi connectivity index (χ4n) is 1.77. The van der Waals surface area contributed by atoms with Crippen LogP contribution in [0.4, 0.5) is 5.13 Å². The van der Waals surface area contributed by atoms with E-state index in [1.54, 1.807) is 11.3 Å². The van der Waals surface area contributed by atoms with Gasteiger partial charge in [-0.05, 0) is 26.7 Å². The summed E-state index contributed by atoms with van der Waals surface area (Å²) in [6.07, 6.45) is 2.49. The Morgan fingerprint density at radius 1 is 1.40 bits per heavy atom. The minimum atomic E-state index is 0.144. The zero-order valence-electron chi connectivity index (χ0n) is 9.36. The number of hydrogen-bond donors (Lipinski definition) is 1. The van der Waals surface area contributed by atoms with E-state index >= 15 is 0 Å². The van der Waals surface area contributed by atoms with Crippen molar-refractivity contribution in [2.75, 3.05) is 18.0 Å². The van der Waals surface area contributed by atoms with Crippen molar-refractivity contribution < 1.29 is 5.11 Å². The minimum absolute atomic E-state index is 0.144. The molecule has 0 radical (unpaired) electrons. The van der Waals surface area contributed by atoms with Gasteiger partial charge in [0.15, 0.2) is 5.13 Å². The number of aliphatic hydroxyl groups is 1. The first kappa shape index (κ1) is 10.9. The molecule has 0 atom stereocenters. The maximum atomic E-state index is 9.29. The van der Waals surface area contributed by atoms with Crippen LogP contribution < -0.4 is 4.90 Å². The van der Waals surface area contributed by atoms with E-state index in [-0.39, 0.29) is 6.61 Å². The molecule has 0 spiro atoms. The fourth-order valence-corrected chi connectivity index (χ4v) is 2.90. The molecule has 4 heteroatoms. The highest BCUT2D eigenvalue weighted by Crippen LogP contribution is 2.44. The highest BCUT2D eigenvalue weighted by Gasteiger charge is 2.29. The van der Waals surface area contributed by atoms with E-state index in [0.717, 1.165) is 28.8 Å². The van der Waals surface area contributed by atoms with E-state index in [4.69, 9.17) is 0 Å². The van der Waals surface area contributed by atoms with Crippen molar-refractivity contribution in [3.05, 3.63) is 10.6 Å². The van der Waals surface area contributed by atoms with Gasteiger partial charge in [0.2, 0.25) is 0 Å². The third kappa shape index (κ3) is 2.16. The Balaban J connectivity index is 2.24. The second-order valence-corrected chi connectivity index (χ2v) is 4.97. The van der Waals surface area contributed by atoms with Crippen molar-refractivity contribution in [2.24, 2.45) is 0 Å². The Bertz CT molecular complexity index is 329. The van der Waals surface area contributed by atoms with Crippen LogP contribution in [0.2, 0.25) is 0 Å². The van der Waals surface area contributed by atoms with Crippen LogP contribution in [0.5, 0.6) is 0 Å². The summed E-state index contributed by atoms with van der Waals surface area (Å²) in [5.74, 6) is 0.632. The molecule has 1 aliphatic carbocycles. The summed E-state index contributed by atoms with van der Waals surface area (Å²) in [6, 6.07) is 0. The van der Waals surface area contributed by atoms with Gasteiger partial charge in [0.25, 0.3) is 0 Å². The summed E-state index contributed by atoms with van der Waals surface area (Å²) in [5, 5.41) is 10.4.